The molecule has 1 N–H and O–H groups in total. The fourth-order valence-electron chi connectivity index (χ4n) is 3.15. The lowest BCUT2D eigenvalue weighted by molar-refractivity contribution is 0.203. The summed E-state index contributed by atoms with van der Waals surface area (Å²) >= 11 is 0. The van der Waals surface area contributed by atoms with Gasteiger partial charge in [0.1, 0.15) is 5.75 Å². The minimum Gasteiger partial charge on any atom is -0.497 e. The first kappa shape index (κ1) is 17.1. The van der Waals surface area contributed by atoms with E-state index in [0.717, 1.165) is 30.8 Å². The Morgan fingerprint density at radius 3 is 2.80 bits per heavy atom. The molecule has 0 radical (unpaired) electrons. The van der Waals surface area contributed by atoms with Crippen LogP contribution in [0.4, 0.5) is 10.5 Å². The average Bonchev–Trinajstić information content (AvgIpc) is 3.11. The zero-order valence-corrected chi connectivity index (χ0v) is 14.8. The Balaban J connectivity index is 1.52. The molecule has 132 valence electrons. The molecule has 0 saturated carbocycles. The molecule has 1 atom stereocenters. The molecule has 1 unspecified atom stereocenters. The molecule has 3 rings (SSSR count). The van der Waals surface area contributed by atoms with Crippen molar-refractivity contribution in [3.63, 3.8) is 0 Å². The summed E-state index contributed by atoms with van der Waals surface area (Å²) in [6.45, 7) is 2.37. The highest BCUT2D eigenvalue weighted by molar-refractivity contribution is 5.74. The maximum absolute atomic E-state index is 12.5. The zero-order chi connectivity index (χ0) is 17.6. The Kier molecular flexibility index (Phi) is 5.43. The zero-order valence-electron chi connectivity index (χ0n) is 14.8. The second-order valence-electron chi connectivity index (χ2n) is 6.42. The summed E-state index contributed by atoms with van der Waals surface area (Å²) in [5.74, 6) is 0.806. The summed E-state index contributed by atoms with van der Waals surface area (Å²) < 4.78 is 5.23. The SMILES string of the molecule is COc1cccc(CN(C)C(=O)NC2CCN(c3ccccc3)C2)c1. The van der Waals surface area contributed by atoms with Crippen molar-refractivity contribution in [2.75, 3.05) is 32.1 Å². The lowest BCUT2D eigenvalue weighted by Crippen LogP contribution is -2.43. The number of methoxy groups -OCH3 is 1. The van der Waals surface area contributed by atoms with E-state index in [1.54, 1.807) is 12.0 Å². The van der Waals surface area contributed by atoms with Gasteiger partial charge in [-0.3, -0.25) is 0 Å². The van der Waals surface area contributed by atoms with Crippen LogP contribution in [0.3, 0.4) is 0 Å². The van der Waals surface area contributed by atoms with Crippen LogP contribution >= 0.6 is 0 Å². The largest absolute Gasteiger partial charge is 0.497 e. The van der Waals surface area contributed by atoms with Gasteiger partial charge in [0.05, 0.1) is 7.11 Å². The molecule has 1 fully saturated rings. The van der Waals surface area contributed by atoms with E-state index in [9.17, 15) is 4.79 Å². The number of nitrogens with zero attached hydrogens (tertiary/aromatic N) is 2. The van der Waals surface area contributed by atoms with Crippen LogP contribution in [0.2, 0.25) is 0 Å². The number of benzene rings is 2. The van der Waals surface area contributed by atoms with Gasteiger partial charge in [-0.25, -0.2) is 4.79 Å². The van der Waals surface area contributed by atoms with Crippen molar-refractivity contribution >= 4 is 11.7 Å². The molecule has 0 aliphatic carbocycles. The number of para-hydroxylation sites is 1. The van der Waals surface area contributed by atoms with Crippen molar-refractivity contribution in [2.24, 2.45) is 0 Å². The summed E-state index contributed by atoms with van der Waals surface area (Å²) in [4.78, 5) is 16.5. The second kappa shape index (κ2) is 7.92. The highest BCUT2D eigenvalue weighted by Crippen LogP contribution is 2.20. The van der Waals surface area contributed by atoms with Gasteiger partial charge in [0.25, 0.3) is 0 Å². The van der Waals surface area contributed by atoms with Crippen LogP contribution in [-0.4, -0.2) is 44.2 Å². The molecular weight excluding hydrogens is 314 g/mol. The number of carbonyl (C=O) groups is 1. The third-order valence-corrected chi connectivity index (χ3v) is 4.54. The van der Waals surface area contributed by atoms with Crippen LogP contribution in [0, 0.1) is 0 Å². The number of carbonyl (C=O) groups excluding carboxylic acids is 1. The highest BCUT2D eigenvalue weighted by atomic mass is 16.5. The van der Waals surface area contributed by atoms with Crippen LogP contribution in [-0.2, 0) is 6.54 Å². The van der Waals surface area contributed by atoms with Crippen molar-refractivity contribution in [1.82, 2.24) is 10.2 Å². The summed E-state index contributed by atoms with van der Waals surface area (Å²) in [6, 6.07) is 18.3. The summed E-state index contributed by atoms with van der Waals surface area (Å²) in [7, 11) is 3.47. The first-order chi connectivity index (χ1) is 12.2. The van der Waals surface area contributed by atoms with Gasteiger partial charge in [-0.2, -0.15) is 0 Å². The molecule has 25 heavy (non-hydrogen) atoms. The fourth-order valence-corrected chi connectivity index (χ4v) is 3.15. The van der Waals surface area contributed by atoms with E-state index >= 15 is 0 Å². The summed E-state index contributed by atoms with van der Waals surface area (Å²) in [6.07, 6.45) is 0.966. The lowest BCUT2D eigenvalue weighted by atomic mass is 10.2. The Hall–Kier alpha value is -2.69. The van der Waals surface area contributed by atoms with Gasteiger partial charge in [0.2, 0.25) is 0 Å². The Bertz CT molecular complexity index is 705. The maximum Gasteiger partial charge on any atom is 0.317 e. The number of urea groups is 1. The topological polar surface area (TPSA) is 44.8 Å². The Morgan fingerprint density at radius 1 is 1.24 bits per heavy atom. The number of amides is 2. The number of anilines is 1. The van der Waals surface area contributed by atoms with Crippen molar-refractivity contribution in [3.8, 4) is 5.75 Å². The fraction of sp³-hybridized carbons (Fsp3) is 0.350. The third kappa shape index (κ3) is 4.44. The third-order valence-electron chi connectivity index (χ3n) is 4.54. The number of nitrogens with one attached hydrogen (secondary N) is 1. The van der Waals surface area contributed by atoms with Crippen LogP contribution in [0.15, 0.2) is 54.6 Å². The predicted molar refractivity (Wildman–Crippen MR) is 100 cm³/mol. The van der Waals surface area contributed by atoms with Crippen LogP contribution < -0.4 is 15.0 Å². The van der Waals surface area contributed by atoms with E-state index in [4.69, 9.17) is 4.74 Å². The molecule has 2 amide bonds. The van der Waals surface area contributed by atoms with Crippen LogP contribution in [0.1, 0.15) is 12.0 Å². The van der Waals surface area contributed by atoms with Crippen LogP contribution in [0.25, 0.3) is 0 Å². The van der Waals surface area contributed by atoms with Gasteiger partial charge < -0.3 is 19.9 Å². The summed E-state index contributed by atoms with van der Waals surface area (Å²) in [5.41, 5.74) is 2.26. The quantitative estimate of drug-likeness (QED) is 0.910. The maximum atomic E-state index is 12.5. The van der Waals surface area contributed by atoms with E-state index in [1.165, 1.54) is 5.69 Å². The van der Waals surface area contributed by atoms with Gasteiger partial charge >= 0.3 is 6.03 Å². The number of rotatable bonds is 5. The van der Waals surface area contributed by atoms with Gasteiger partial charge in [-0.15, -0.1) is 0 Å². The molecule has 1 heterocycles. The van der Waals surface area contributed by atoms with Crippen molar-refractivity contribution in [2.45, 2.75) is 19.0 Å². The van der Waals surface area contributed by atoms with Gasteiger partial charge in [-0.05, 0) is 36.2 Å². The normalized spacial score (nSPS) is 16.6. The minimum absolute atomic E-state index is 0.0391. The van der Waals surface area contributed by atoms with E-state index in [1.807, 2.05) is 49.5 Å². The molecular formula is C20H25N3O2. The molecule has 5 heteroatoms. The van der Waals surface area contributed by atoms with Crippen molar-refractivity contribution in [3.05, 3.63) is 60.2 Å². The monoisotopic (exact) mass is 339 g/mol. The number of hydrogen-bond acceptors (Lipinski definition) is 3. The Labute approximate surface area is 149 Å². The van der Waals surface area contributed by atoms with Crippen molar-refractivity contribution in [1.29, 1.82) is 0 Å². The van der Waals surface area contributed by atoms with E-state index < -0.39 is 0 Å². The first-order valence-corrected chi connectivity index (χ1v) is 8.60. The number of hydrogen-bond donors (Lipinski definition) is 1. The lowest BCUT2D eigenvalue weighted by Gasteiger charge is -2.22. The minimum atomic E-state index is -0.0391. The van der Waals surface area contributed by atoms with E-state index in [0.29, 0.717) is 6.54 Å². The van der Waals surface area contributed by atoms with Gasteiger partial charge in [-0.1, -0.05) is 30.3 Å². The molecule has 1 aliphatic rings. The molecule has 5 nitrogen and oxygen atoms in total. The molecule has 0 spiro atoms. The van der Waals surface area contributed by atoms with E-state index in [-0.39, 0.29) is 12.1 Å². The molecule has 1 aliphatic heterocycles. The molecule has 2 aromatic carbocycles. The highest BCUT2D eigenvalue weighted by Gasteiger charge is 2.25. The average molecular weight is 339 g/mol. The molecule has 0 aromatic heterocycles. The van der Waals surface area contributed by atoms with Gasteiger partial charge in [0.15, 0.2) is 0 Å². The molecule has 2 aromatic rings. The second-order valence-corrected chi connectivity index (χ2v) is 6.42. The predicted octanol–water partition coefficient (Wildman–Crippen LogP) is 3.12. The smallest absolute Gasteiger partial charge is 0.317 e. The Morgan fingerprint density at radius 2 is 2.04 bits per heavy atom. The van der Waals surface area contributed by atoms with Gasteiger partial charge in [0, 0.05) is 38.4 Å². The van der Waals surface area contributed by atoms with E-state index in [2.05, 4.69) is 22.3 Å². The molecule has 1 saturated heterocycles. The molecule has 0 bridgehead atoms. The summed E-state index contributed by atoms with van der Waals surface area (Å²) in [5, 5.41) is 3.14. The standard InChI is InChI=1S/C20H25N3O2/c1-22(14-16-7-6-10-19(13-16)25-2)20(24)21-17-11-12-23(15-17)18-8-4-3-5-9-18/h3-10,13,17H,11-12,14-15H2,1-2H3,(H,21,24). The first-order valence-electron chi connectivity index (χ1n) is 8.60. The van der Waals surface area contributed by atoms with Crippen molar-refractivity contribution < 1.29 is 9.53 Å². The number of ether oxygens (including phenoxy) is 1. The van der Waals surface area contributed by atoms with Crippen LogP contribution in [0.5, 0.6) is 5.75 Å².